The van der Waals surface area contributed by atoms with Gasteiger partial charge in [0.1, 0.15) is 5.69 Å². The van der Waals surface area contributed by atoms with E-state index in [4.69, 9.17) is 11.6 Å². The highest BCUT2D eigenvalue weighted by molar-refractivity contribution is 6.17. The summed E-state index contributed by atoms with van der Waals surface area (Å²) in [5.74, 6) is 0.975. The largest absolute Gasteiger partial charge is 0.366 e. The van der Waals surface area contributed by atoms with Crippen LogP contribution in [0.5, 0.6) is 0 Å². The minimum Gasteiger partial charge on any atom is -0.366 e. The maximum atomic E-state index is 11.3. The fourth-order valence-corrected chi connectivity index (χ4v) is 3.22. The van der Waals surface area contributed by atoms with Crippen LogP contribution >= 0.6 is 11.6 Å². The Morgan fingerprint density at radius 1 is 1.33 bits per heavy atom. The lowest BCUT2D eigenvalue weighted by atomic mass is 9.75. The Balaban J connectivity index is 2.18. The van der Waals surface area contributed by atoms with E-state index in [1.165, 1.54) is 0 Å². The van der Waals surface area contributed by atoms with Crippen molar-refractivity contribution in [2.75, 3.05) is 18.0 Å². The molecule has 5 heteroatoms. The lowest BCUT2D eigenvalue weighted by Gasteiger charge is -2.39. The zero-order chi connectivity index (χ0) is 15.6. The van der Waals surface area contributed by atoms with E-state index in [9.17, 15) is 10.1 Å². The van der Waals surface area contributed by atoms with Crippen molar-refractivity contribution in [1.29, 1.82) is 0 Å². The number of rotatable bonds is 3. The van der Waals surface area contributed by atoms with Crippen LogP contribution in [-0.4, -0.2) is 18.0 Å². The van der Waals surface area contributed by atoms with Crippen LogP contribution in [0.15, 0.2) is 18.2 Å². The fraction of sp³-hybridized carbons (Fsp3) is 0.625. The van der Waals surface area contributed by atoms with Crippen LogP contribution in [-0.2, 0) is 5.88 Å². The summed E-state index contributed by atoms with van der Waals surface area (Å²) in [5.41, 5.74) is 1.99. The van der Waals surface area contributed by atoms with Crippen molar-refractivity contribution < 1.29 is 4.92 Å². The Kier molecular flexibility index (Phi) is 4.77. The minimum atomic E-state index is -0.304. The fourth-order valence-electron chi connectivity index (χ4n) is 3.05. The number of nitro benzene ring substituents is 1. The quantitative estimate of drug-likeness (QED) is 0.466. The number of piperidine rings is 1. The Morgan fingerprint density at radius 2 is 1.95 bits per heavy atom. The highest BCUT2D eigenvalue weighted by Crippen LogP contribution is 2.38. The van der Waals surface area contributed by atoms with Crippen LogP contribution in [0, 0.1) is 21.4 Å². The zero-order valence-electron chi connectivity index (χ0n) is 12.9. The molecule has 0 saturated carbocycles. The molecule has 4 nitrogen and oxygen atoms in total. The summed E-state index contributed by atoms with van der Waals surface area (Å²) in [7, 11) is 0. The van der Waals surface area contributed by atoms with E-state index in [0.717, 1.165) is 37.2 Å². The Hall–Kier alpha value is -1.29. The zero-order valence-corrected chi connectivity index (χ0v) is 13.7. The molecule has 2 rings (SSSR count). The monoisotopic (exact) mass is 310 g/mol. The van der Waals surface area contributed by atoms with Crippen LogP contribution in [0.4, 0.5) is 11.4 Å². The summed E-state index contributed by atoms with van der Waals surface area (Å²) >= 11 is 5.77. The van der Waals surface area contributed by atoms with Crippen LogP contribution in [0.3, 0.4) is 0 Å². The van der Waals surface area contributed by atoms with Gasteiger partial charge in [0.05, 0.1) is 4.92 Å². The first-order chi connectivity index (χ1) is 9.82. The lowest BCUT2D eigenvalue weighted by Crippen LogP contribution is -2.38. The maximum Gasteiger partial charge on any atom is 0.292 e. The first-order valence-electron chi connectivity index (χ1n) is 7.41. The van der Waals surface area contributed by atoms with E-state index in [1.54, 1.807) is 6.07 Å². The standard InChI is InChI=1S/C16H23ClN2O2/c1-16(2,3)13-6-8-18(9-7-13)14-5-4-12(11-17)10-15(14)19(20)21/h4-5,10,13H,6-9,11H2,1-3H3. The first-order valence-corrected chi connectivity index (χ1v) is 7.94. The summed E-state index contributed by atoms with van der Waals surface area (Å²) in [5, 5.41) is 11.3. The van der Waals surface area contributed by atoms with Crippen molar-refractivity contribution >= 4 is 23.0 Å². The second-order valence-electron chi connectivity index (χ2n) is 6.84. The number of halogens is 1. The van der Waals surface area contributed by atoms with Gasteiger partial charge in [0.25, 0.3) is 5.69 Å². The molecule has 0 radical (unpaired) electrons. The Morgan fingerprint density at radius 3 is 2.43 bits per heavy atom. The molecule has 1 saturated heterocycles. The smallest absolute Gasteiger partial charge is 0.292 e. The van der Waals surface area contributed by atoms with E-state index in [2.05, 4.69) is 25.7 Å². The molecule has 1 heterocycles. The van der Waals surface area contributed by atoms with Crippen molar-refractivity contribution in [3.63, 3.8) is 0 Å². The van der Waals surface area contributed by atoms with Gasteiger partial charge in [-0.15, -0.1) is 11.6 Å². The third-order valence-corrected chi connectivity index (χ3v) is 4.76. The molecule has 1 aliphatic rings. The van der Waals surface area contributed by atoms with Crippen molar-refractivity contribution in [1.82, 2.24) is 0 Å². The van der Waals surface area contributed by atoms with Gasteiger partial charge in [0.15, 0.2) is 0 Å². The highest BCUT2D eigenvalue weighted by atomic mass is 35.5. The van der Waals surface area contributed by atoms with Gasteiger partial charge in [0.2, 0.25) is 0 Å². The molecule has 1 fully saturated rings. The second-order valence-corrected chi connectivity index (χ2v) is 7.11. The molecule has 0 atom stereocenters. The van der Waals surface area contributed by atoms with Crippen molar-refractivity contribution in [3.8, 4) is 0 Å². The van der Waals surface area contributed by atoms with Crippen LogP contribution in [0.1, 0.15) is 39.2 Å². The Bertz CT molecular complexity index is 517. The van der Waals surface area contributed by atoms with Crippen LogP contribution in [0.2, 0.25) is 0 Å². The summed E-state index contributed by atoms with van der Waals surface area (Å²) in [6, 6.07) is 5.32. The topological polar surface area (TPSA) is 46.4 Å². The van der Waals surface area contributed by atoms with E-state index in [0.29, 0.717) is 17.2 Å². The van der Waals surface area contributed by atoms with Gasteiger partial charge in [-0.2, -0.15) is 0 Å². The van der Waals surface area contributed by atoms with E-state index < -0.39 is 0 Å². The van der Waals surface area contributed by atoms with E-state index in [-0.39, 0.29) is 10.6 Å². The molecular weight excluding hydrogens is 288 g/mol. The first kappa shape index (κ1) is 16.1. The van der Waals surface area contributed by atoms with Gasteiger partial charge in [0, 0.05) is 25.0 Å². The number of anilines is 1. The van der Waals surface area contributed by atoms with Gasteiger partial charge in [-0.1, -0.05) is 26.8 Å². The van der Waals surface area contributed by atoms with Gasteiger partial charge in [-0.3, -0.25) is 10.1 Å². The lowest BCUT2D eigenvalue weighted by molar-refractivity contribution is -0.384. The van der Waals surface area contributed by atoms with Gasteiger partial charge in [-0.25, -0.2) is 0 Å². The molecule has 0 aromatic heterocycles. The van der Waals surface area contributed by atoms with Crippen molar-refractivity contribution in [2.45, 2.75) is 39.5 Å². The van der Waals surface area contributed by atoms with Crippen molar-refractivity contribution in [2.24, 2.45) is 11.3 Å². The Labute approximate surface area is 131 Å². The maximum absolute atomic E-state index is 11.3. The minimum absolute atomic E-state index is 0.169. The molecule has 0 amide bonds. The van der Waals surface area contributed by atoms with Crippen molar-refractivity contribution in [3.05, 3.63) is 33.9 Å². The van der Waals surface area contributed by atoms with Gasteiger partial charge < -0.3 is 4.90 Å². The molecule has 0 bridgehead atoms. The molecule has 0 unspecified atom stereocenters. The molecule has 1 aliphatic heterocycles. The summed E-state index contributed by atoms with van der Waals surface area (Å²) < 4.78 is 0. The predicted molar refractivity (Wildman–Crippen MR) is 87.0 cm³/mol. The molecule has 1 aromatic carbocycles. The molecular formula is C16H23ClN2O2. The molecule has 1 aromatic rings. The average molecular weight is 311 g/mol. The second kappa shape index (κ2) is 6.22. The number of alkyl halides is 1. The average Bonchev–Trinajstić information content (AvgIpc) is 2.45. The number of hydrogen-bond acceptors (Lipinski definition) is 3. The van der Waals surface area contributed by atoms with E-state index >= 15 is 0 Å². The van der Waals surface area contributed by atoms with E-state index in [1.807, 2.05) is 12.1 Å². The molecule has 0 aliphatic carbocycles. The van der Waals surface area contributed by atoms with Crippen LogP contribution in [0.25, 0.3) is 0 Å². The number of nitrogens with zero attached hydrogens (tertiary/aromatic N) is 2. The summed E-state index contributed by atoms with van der Waals surface area (Å²) in [6.45, 7) is 8.56. The van der Waals surface area contributed by atoms with Gasteiger partial charge >= 0.3 is 0 Å². The number of benzene rings is 1. The molecule has 21 heavy (non-hydrogen) atoms. The molecule has 0 N–H and O–H groups in total. The number of hydrogen-bond donors (Lipinski definition) is 0. The highest BCUT2D eigenvalue weighted by Gasteiger charge is 2.30. The SMILES string of the molecule is CC(C)(C)C1CCN(c2ccc(CCl)cc2[N+](=O)[O-])CC1. The third kappa shape index (κ3) is 3.67. The molecule has 0 spiro atoms. The number of nitro groups is 1. The molecule has 116 valence electrons. The normalized spacial score (nSPS) is 17.0. The van der Waals surface area contributed by atoms with Gasteiger partial charge in [-0.05, 0) is 35.8 Å². The predicted octanol–water partition coefficient (Wildman–Crippen LogP) is 4.60. The summed E-state index contributed by atoms with van der Waals surface area (Å²) in [4.78, 5) is 13.1. The van der Waals surface area contributed by atoms with Crippen LogP contribution < -0.4 is 4.90 Å². The third-order valence-electron chi connectivity index (χ3n) is 4.45. The summed E-state index contributed by atoms with van der Waals surface area (Å²) in [6.07, 6.45) is 2.16.